The zero-order chi connectivity index (χ0) is 21.4. The van der Waals surface area contributed by atoms with E-state index in [4.69, 9.17) is 4.99 Å². The molecule has 2 aliphatic heterocycles. The highest BCUT2D eigenvalue weighted by molar-refractivity contribution is 8.14. The number of rotatable bonds is 4. The molecule has 1 N–H and O–H groups in total. The average molecular weight is 421 g/mol. The highest BCUT2D eigenvalue weighted by atomic mass is 32.2. The van der Waals surface area contributed by atoms with Gasteiger partial charge in [0.25, 0.3) is 5.91 Å². The SMILES string of the molecule is Cc1ccc(NC(=O)CSC2=Nc3ccccc3C3=NC(=O)C(C(C)C)N23)cc1C. The van der Waals surface area contributed by atoms with Crippen LogP contribution < -0.4 is 5.32 Å². The summed E-state index contributed by atoms with van der Waals surface area (Å²) < 4.78 is 0. The van der Waals surface area contributed by atoms with E-state index >= 15 is 0 Å². The highest BCUT2D eigenvalue weighted by Gasteiger charge is 2.43. The molecule has 0 saturated carbocycles. The minimum Gasteiger partial charge on any atom is -0.325 e. The number of amidine groups is 2. The molecule has 0 radical (unpaired) electrons. The molecule has 0 aromatic heterocycles. The Morgan fingerprint density at radius 1 is 1.13 bits per heavy atom. The number of anilines is 1. The van der Waals surface area contributed by atoms with Gasteiger partial charge in [-0.05, 0) is 55.2 Å². The van der Waals surface area contributed by atoms with Gasteiger partial charge in [0.2, 0.25) is 5.91 Å². The zero-order valence-electron chi connectivity index (χ0n) is 17.5. The van der Waals surface area contributed by atoms with Crippen molar-refractivity contribution < 1.29 is 9.59 Å². The first-order chi connectivity index (χ1) is 14.3. The number of amides is 2. The molecule has 0 bridgehead atoms. The van der Waals surface area contributed by atoms with Crippen LogP contribution in [0.25, 0.3) is 0 Å². The predicted molar refractivity (Wildman–Crippen MR) is 123 cm³/mol. The Morgan fingerprint density at radius 3 is 2.63 bits per heavy atom. The Hall–Kier alpha value is -2.93. The van der Waals surface area contributed by atoms with E-state index in [-0.39, 0.29) is 23.5 Å². The molecule has 2 aromatic rings. The Bertz CT molecular complexity index is 1090. The van der Waals surface area contributed by atoms with Gasteiger partial charge in [-0.25, -0.2) is 4.99 Å². The van der Waals surface area contributed by atoms with E-state index in [9.17, 15) is 9.59 Å². The number of hydrogen-bond donors (Lipinski definition) is 1. The van der Waals surface area contributed by atoms with Crippen LogP contribution in [0.2, 0.25) is 0 Å². The number of hydrogen-bond acceptors (Lipinski definition) is 5. The van der Waals surface area contributed by atoms with E-state index in [1.807, 2.05) is 75.1 Å². The minimum atomic E-state index is -0.401. The molecule has 1 atom stereocenters. The van der Waals surface area contributed by atoms with Crippen LogP contribution in [-0.4, -0.2) is 39.5 Å². The molecule has 4 rings (SSSR count). The lowest BCUT2D eigenvalue weighted by molar-refractivity contribution is -0.120. The summed E-state index contributed by atoms with van der Waals surface area (Å²) in [5, 5.41) is 3.57. The number of nitrogens with one attached hydrogen (secondary N) is 1. The fourth-order valence-corrected chi connectivity index (χ4v) is 4.45. The Labute approximate surface area is 180 Å². The van der Waals surface area contributed by atoms with E-state index in [0.29, 0.717) is 11.0 Å². The third-order valence-corrected chi connectivity index (χ3v) is 6.25. The van der Waals surface area contributed by atoms with Crippen LogP contribution in [0.4, 0.5) is 11.4 Å². The molecule has 2 aromatic carbocycles. The normalized spacial score (nSPS) is 17.4. The highest BCUT2D eigenvalue weighted by Crippen LogP contribution is 2.35. The molecule has 0 fully saturated rings. The monoisotopic (exact) mass is 420 g/mol. The summed E-state index contributed by atoms with van der Waals surface area (Å²) in [6, 6.07) is 13.1. The quantitative estimate of drug-likeness (QED) is 0.801. The van der Waals surface area contributed by atoms with Crippen LogP contribution in [-0.2, 0) is 9.59 Å². The number of para-hydroxylation sites is 1. The minimum absolute atomic E-state index is 0.0687. The van der Waals surface area contributed by atoms with E-state index in [0.717, 1.165) is 22.5 Å². The smallest absolute Gasteiger partial charge is 0.271 e. The van der Waals surface area contributed by atoms with Gasteiger partial charge >= 0.3 is 0 Å². The molecule has 7 heteroatoms. The molecular weight excluding hydrogens is 396 g/mol. The van der Waals surface area contributed by atoms with Gasteiger partial charge in [0.1, 0.15) is 11.9 Å². The van der Waals surface area contributed by atoms with Gasteiger partial charge in [0, 0.05) is 11.3 Å². The first kappa shape index (κ1) is 20.3. The summed E-state index contributed by atoms with van der Waals surface area (Å²) in [7, 11) is 0. The molecule has 2 amide bonds. The summed E-state index contributed by atoms with van der Waals surface area (Å²) in [5.74, 6) is 0.608. The second-order valence-electron chi connectivity index (χ2n) is 7.88. The lowest BCUT2D eigenvalue weighted by Crippen LogP contribution is -2.46. The number of aliphatic imine (C=N–C) groups is 2. The van der Waals surface area contributed by atoms with Crippen LogP contribution in [0.3, 0.4) is 0 Å². The maximum atomic E-state index is 12.6. The average Bonchev–Trinajstić information content (AvgIpc) is 3.06. The molecule has 154 valence electrons. The second kappa shape index (κ2) is 8.07. The summed E-state index contributed by atoms with van der Waals surface area (Å²) in [4.78, 5) is 36.1. The van der Waals surface area contributed by atoms with Gasteiger partial charge in [-0.1, -0.05) is 43.8 Å². The van der Waals surface area contributed by atoms with Crippen molar-refractivity contribution in [2.45, 2.75) is 33.7 Å². The van der Waals surface area contributed by atoms with Gasteiger partial charge in [-0.15, -0.1) is 0 Å². The lowest BCUT2D eigenvalue weighted by atomic mass is 10.0. The first-order valence-corrected chi connectivity index (χ1v) is 10.9. The van der Waals surface area contributed by atoms with E-state index in [1.165, 1.54) is 17.3 Å². The third kappa shape index (κ3) is 3.77. The summed E-state index contributed by atoms with van der Waals surface area (Å²) in [6.07, 6.45) is 0. The fraction of sp³-hybridized carbons (Fsp3) is 0.304. The largest absolute Gasteiger partial charge is 0.325 e. The van der Waals surface area contributed by atoms with Crippen molar-refractivity contribution in [2.75, 3.05) is 11.1 Å². The van der Waals surface area contributed by atoms with Crippen molar-refractivity contribution in [3.05, 3.63) is 59.2 Å². The standard InChI is InChI=1S/C23H24N4O2S/c1-13(2)20-22(29)26-21-17-7-5-6-8-18(17)25-23(27(20)21)30-12-19(28)24-16-10-9-14(3)15(4)11-16/h5-11,13,20H,12H2,1-4H3,(H,24,28). The molecule has 0 spiro atoms. The van der Waals surface area contributed by atoms with Crippen molar-refractivity contribution in [2.24, 2.45) is 15.9 Å². The summed E-state index contributed by atoms with van der Waals surface area (Å²) >= 11 is 1.33. The summed E-state index contributed by atoms with van der Waals surface area (Å²) in [6.45, 7) is 8.05. The number of nitrogens with zero attached hydrogens (tertiary/aromatic N) is 3. The van der Waals surface area contributed by atoms with Crippen molar-refractivity contribution in [3.63, 3.8) is 0 Å². The van der Waals surface area contributed by atoms with E-state index in [2.05, 4.69) is 10.3 Å². The molecule has 6 nitrogen and oxygen atoms in total. The Morgan fingerprint density at radius 2 is 1.90 bits per heavy atom. The van der Waals surface area contributed by atoms with Gasteiger partial charge < -0.3 is 5.32 Å². The third-order valence-electron chi connectivity index (χ3n) is 5.30. The van der Waals surface area contributed by atoms with Crippen molar-refractivity contribution in [3.8, 4) is 0 Å². The van der Waals surface area contributed by atoms with Gasteiger partial charge in [0.05, 0.1) is 11.4 Å². The fourth-order valence-electron chi connectivity index (χ4n) is 3.61. The number of thioether (sulfide) groups is 1. The first-order valence-electron chi connectivity index (χ1n) is 9.95. The molecule has 0 aliphatic carbocycles. The maximum Gasteiger partial charge on any atom is 0.271 e. The van der Waals surface area contributed by atoms with Crippen LogP contribution in [0.5, 0.6) is 0 Å². The number of fused-ring (bicyclic) bond motifs is 3. The van der Waals surface area contributed by atoms with Gasteiger partial charge in [-0.2, -0.15) is 4.99 Å². The number of carbonyl (C=O) groups is 2. The molecule has 30 heavy (non-hydrogen) atoms. The van der Waals surface area contributed by atoms with E-state index < -0.39 is 6.04 Å². The van der Waals surface area contributed by atoms with Crippen molar-refractivity contribution in [1.82, 2.24) is 4.90 Å². The van der Waals surface area contributed by atoms with Crippen LogP contribution >= 0.6 is 11.8 Å². The second-order valence-corrected chi connectivity index (χ2v) is 8.82. The number of aryl methyl sites for hydroxylation is 2. The number of benzene rings is 2. The van der Waals surface area contributed by atoms with Gasteiger partial charge in [0.15, 0.2) is 5.17 Å². The van der Waals surface area contributed by atoms with Crippen LogP contribution in [0.1, 0.15) is 30.5 Å². The van der Waals surface area contributed by atoms with E-state index in [1.54, 1.807) is 0 Å². The number of carbonyl (C=O) groups excluding carboxylic acids is 2. The molecular formula is C23H24N4O2S. The topological polar surface area (TPSA) is 74.1 Å². The van der Waals surface area contributed by atoms with Crippen LogP contribution in [0, 0.1) is 19.8 Å². The molecule has 1 unspecified atom stereocenters. The molecule has 2 aliphatic rings. The zero-order valence-corrected chi connectivity index (χ0v) is 18.3. The Kier molecular flexibility index (Phi) is 5.47. The molecule has 0 saturated heterocycles. The van der Waals surface area contributed by atoms with Gasteiger partial charge in [-0.3, -0.25) is 14.5 Å². The maximum absolute atomic E-state index is 12.6. The van der Waals surface area contributed by atoms with Crippen LogP contribution in [0.15, 0.2) is 52.4 Å². The lowest BCUT2D eigenvalue weighted by Gasteiger charge is -2.32. The predicted octanol–water partition coefficient (Wildman–Crippen LogP) is 4.29. The molecule has 2 heterocycles. The van der Waals surface area contributed by atoms with Crippen molar-refractivity contribution in [1.29, 1.82) is 0 Å². The van der Waals surface area contributed by atoms with Crippen molar-refractivity contribution >= 4 is 46.0 Å². The Balaban J connectivity index is 1.55. The summed E-state index contributed by atoms with van der Waals surface area (Å²) in [5.41, 5.74) is 4.70.